The van der Waals surface area contributed by atoms with Crippen LogP contribution in [0.15, 0.2) is 30.3 Å². The fraction of sp³-hybridized carbons (Fsp3) is 0.0769. The summed E-state index contributed by atoms with van der Waals surface area (Å²) in [5.41, 5.74) is 1.07. The molecule has 0 aliphatic rings. The van der Waals surface area contributed by atoms with Crippen molar-refractivity contribution in [2.45, 2.75) is 5.88 Å². The highest BCUT2D eigenvalue weighted by Gasteiger charge is 2.17. The summed E-state index contributed by atoms with van der Waals surface area (Å²) < 4.78 is 14.2. The van der Waals surface area contributed by atoms with Gasteiger partial charge in [0.25, 0.3) is 0 Å². The highest BCUT2D eigenvalue weighted by Crippen LogP contribution is 2.40. The molecule has 0 spiro atoms. The Balaban J connectivity index is 2.73. The molecule has 2 aromatic rings. The molecule has 18 heavy (non-hydrogen) atoms. The molecular weight excluding hydrogens is 317 g/mol. The Hall–Kier alpha value is -0.470. The summed E-state index contributed by atoms with van der Waals surface area (Å²) in [5, 5.41) is 0.900. The highest BCUT2D eigenvalue weighted by atomic mass is 35.5. The molecule has 94 valence electrons. The van der Waals surface area contributed by atoms with Crippen LogP contribution >= 0.6 is 46.4 Å². The summed E-state index contributed by atoms with van der Waals surface area (Å²) in [6, 6.07) is 8.05. The number of rotatable bonds is 2. The van der Waals surface area contributed by atoms with E-state index in [1.54, 1.807) is 30.3 Å². The van der Waals surface area contributed by atoms with E-state index >= 15 is 0 Å². The fourth-order valence-corrected chi connectivity index (χ4v) is 2.59. The van der Waals surface area contributed by atoms with E-state index in [4.69, 9.17) is 46.4 Å². The molecule has 0 heterocycles. The molecule has 0 bridgehead atoms. The van der Waals surface area contributed by atoms with Crippen molar-refractivity contribution in [2.24, 2.45) is 0 Å². The van der Waals surface area contributed by atoms with E-state index < -0.39 is 5.82 Å². The third kappa shape index (κ3) is 2.46. The lowest BCUT2D eigenvalue weighted by molar-refractivity contribution is 0.620. The van der Waals surface area contributed by atoms with Gasteiger partial charge in [-0.05, 0) is 12.1 Å². The lowest BCUT2D eigenvalue weighted by Crippen LogP contribution is -1.92. The Kier molecular flexibility index (Phi) is 4.39. The first-order valence-electron chi connectivity index (χ1n) is 5.03. The van der Waals surface area contributed by atoms with E-state index in [0.717, 1.165) is 0 Å². The molecule has 0 nitrogen and oxygen atoms in total. The fourth-order valence-electron chi connectivity index (χ4n) is 1.65. The molecule has 0 amide bonds. The van der Waals surface area contributed by atoms with Crippen molar-refractivity contribution in [2.75, 3.05) is 0 Å². The van der Waals surface area contributed by atoms with Crippen LogP contribution in [0.3, 0.4) is 0 Å². The summed E-state index contributed by atoms with van der Waals surface area (Å²) in [5.74, 6) is -0.353. The predicted octanol–water partition coefficient (Wildman–Crippen LogP) is 6.19. The van der Waals surface area contributed by atoms with Crippen molar-refractivity contribution in [1.82, 2.24) is 0 Å². The van der Waals surface area contributed by atoms with Gasteiger partial charge in [0.15, 0.2) is 0 Å². The third-order valence-electron chi connectivity index (χ3n) is 2.54. The zero-order valence-corrected chi connectivity index (χ0v) is 12.0. The van der Waals surface area contributed by atoms with E-state index in [1.165, 1.54) is 0 Å². The zero-order chi connectivity index (χ0) is 13.3. The van der Waals surface area contributed by atoms with Crippen LogP contribution in [0, 0.1) is 5.82 Å². The van der Waals surface area contributed by atoms with Crippen molar-refractivity contribution in [3.63, 3.8) is 0 Å². The average Bonchev–Trinajstić information content (AvgIpc) is 2.36. The number of alkyl halides is 1. The van der Waals surface area contributed by atoms with Crippen molar-refractivity contribution in [3.8, 4) is 11.1 Å². The second kappa shape index (κ2) is 5.66. The maximum Gasteiger partial charge on any atom is 0.135 e. The maximum atomic E-state index is 14.2. The number of benzene rings is 2. The first-order valence-corrected chi connectivity index (χ1v) is 6.70. The summed E-state index contributed by atoms with van der Waals surface area (Å²) in [6.07, 6.45) is 0. The second-order valence-electron chi connectivity index (χ2n) is 3.63. The highest BCUT2D eigenvalue weighted by molar-refractivity contribution is 6.46. The standard InChI is InChI=1S/C13H7Cl4F/c14-6-7-2-1-3-8(13(7)18)11-9(15)4-5-10(16)12(11)17/h1-5H,6H2. The molecule has 0 aliphatic heterocycles. The molecule has 0 saturated carbocycles. The van der Waals surface area contributed by atoms with Gasteiger partial charge in [0.05, 0.1) is 20.9 Å². The Bertz CT molecular complexity index is 596. The molecule has 0 radical (unpaired) electrons. The van der Waals surface area contributed by atoms with Crippen LogP contribution in [0.4, 0.5) is 4.39 Å². The molecule has 0 aliphatic carbocycles. The van der Waals surface area contributed by atoms with Crippen LogP contribution in [0.1, 0.15) is 5.56 Å². The minimum atomic E-state index is -0.432. The monoisotopic (exact) mass is 322 g/mol. The van der Waals surface area contributed by atoms with E-state index in [0.29, 0.717) is 26.7 Å². The van der Waals surface area contributed by atoms with Crippen LogP contribution < -0.4 is 0 Å². The number of hydrogen-bond acceptors (Lipinski definition) is 0. The number of hydrogen-bond donors (Lipinski definition) is 0. The van der Waals surface area contributed by atoms with Gasteiger partial charge in [0.1, 0.15) is 5.82 Å². The van der Waals surface area contributed by atoms with Crippen LogP contribution in [0.25, 0.3) is 11.1 Å². The number of halogens is 5. The first-order chi connectivity index (χ1) is 8.56. The Morgan fingerprint density at radius 3 is 2.28 bits per heavy atom. The quantitative estimate of drug-likeness (QED) is 0.456. The van der Waals surface area contributed by atoms with Gasteiger partial charge >= 0.3 is 0 Å². The van der Waals surface area contributed by atoms with Crippen LogP contribution in [-0.2, 0) is 5.88 Å². The second-order valence-corrected chi connectivity index (χ2v) is 5.09. The van der Waals surface area contributed by atoms with Crippen molar-refractivity contribution < 1.29 is 4.39 Å². The Morgan fingerprint density at radius 1 is 0.944 bits per heavy atom. The molecule has 0 N–H and O–H groups in total. The molecule has 5 heteroatoms. The van der Waals surface area contributed by atoms with Crippen LogP contribution in [-0.4, -0.2) is 0 Å². The van der Waals surface area contributed by atoms with E-state index in [1.807, 2.05) is 0 Å². The van der Waals surface area contributed by atoms with Crippen molar-refractivity contribution in [3.05, 3.63) is 56.8 Å². The van der Waals surface area contributed by atoms with Gasteiger partial charge in [0.2, 0.25) is 0 Å². The third-order valence-corrected chi connectivity index (χ3v) is 3.94. The van der Waals surface area contributed by atoms with Gasteiger partial charge in [-0.2, -0.15) is 0 Å². The topological polar surface area (TPSA) is 0 Å². The largest absolute Gasteiger partial charge is 0.206 e. The molecular formula is C13H7Cl4F. The molecule has 2 rings (SSSR count). The maximum absolute atomic E-state index is 14.2. The van der Waals surface area contributed by atoms with Gasteiger partial charge in [-0.3, -0.25) is 0 Å². The molecule has 0 atom stereocenters. The van der Waals surface area contributed by atoms with Crippen LogP contribution in [0.5, 0.6) is 0 Å². The van der Waals surface area contributed by atoms with E-state index in [-0.39, 0.29) is 10.9 Å². The van der Waals surface area contributed by atoms with Gasteiger partial charge in [0, 0.05) is 16.7 Å². The normalized spacial score (nSPS) is 10.7. The van der Waals surface area contributed by atoms with E-state index in [9.17, 15) is 4.39 Å². The summed E-state index contributed by atoms with van der Waals surface area (Å²) in [7, 11) is 0. The molecule has 0 aromatic heterocycles. The average molecular weight is 324 g/mol. The smallest absolute Gasteiger partial charge is 0.135 e. The zero-order valence-electron chi connectivity index (χ0n) is 8.98. The van der Waals surface area contributed by atoms with Gasteiger partial charge < -0.3 is 0 Å². The van der Waals surface area contributed by atoms with Crippen LogP contribution in [0.2, 0.25) is 15.1 Å². The molecule has 0 fully saturated rings. The Labute approximate surface area is 124 Å². The lowest BCUT2D eigenvalue weighted by atomic mass is 10.0. The summed E-state index contributed by atoms with van der Waals surface area (Å²) >= 11 is 23.7. The SMILES string of the molecule is Fc1c(CCl)cccc1-c1c(Cl)ccc(Cl)c1Cl. The lowest BCUT2D eigenvalue weighted by Gasteiger charge is -2.11. The van der Waals surface area contributed by atoms with Crippen molar-refractivity contribution in [1.29, 1.82) is 0 Å². The summed E-state index contributed by atoms with van der Waals surface area (Å²) in [6.45, 7) is 0. The Morgan fingerprint density at radius 2 is 1.61 bits per heavy atom. The first kappa shape index (κ1) is 14.0. The minimum absolute atomic E-state index is 0.0788. The minimum Gasteiger partial charge on any atom is -0.206 e. The molecule has 0 unspecified atom stereocenters. The van der Waals surface area contributed by atoms with Gasteiger partial charge in [-0.25, -0.2) is 4.39 Å². The van der Waals surface area contributed by atoms with Gasteiger partial charge in [-0.1, -0.05) is 53.0 Å². The van der Waals surface area contributed by atoms with Crippen molar-refractivity contribution >= 4 is 46.4 Å². The van der Waals surface area contributed by atoms with E-state index in [2.05, 4.69) is 0 Å². The summed E-state index contributed by atoms with van der Waals surface area (Å²) in [4.78, 5) is 0. The molecule has 0 saturated heterocycles. The van der Waals surface area contributed by atoms with Gasteiger partial charge in [-0.15, -0.1) is 11.6 Å². The predicted molar refractivity (Wildman–Crippen MR) is 76.4 cm³/mol. The molecule has 2 aromatic carbocycles.